The van der Waals surface area contributed by atoms with Gasteiger partial charge < -0.3 is 5.32 Å². The minimum atomic E-state index is 0.286. The maximum atomic E-state index is 6.11. The third-order valence-corrected chi connectivity index (χ3v) is 3.40. The highest BCUT2D eigenvalue weighted by Gasteiger charge is 2.25. The summed E-state index contributed by atoms with van der Waals surface area (Å²) in [6.45, 7) is 0. The Balaban J connectivity index is 1.95. The van der Waals surface area contributed by atoms with E-state index in [0.29, 0.717) is 6.04 Å². The standard InChI is InChI=1S/C8H11ClN2S/c9-6-2-1-3-7(6)11-8-10-4-5-12-8/h4-7H,1-3H2,(H,10,11). The zero-order chi connectivity index (χ0) is 8.39. The van der Waals surface area contributed by atoms with E-state index in [-0.39, 0.29) is 5.38 Å². The predicted octanol–water partition coefficient (Wildman–Crippen LogP) is 2.71. The minimum Gasteiger partial charge on any atom is -0.357 e. The van der Waals surface area contributed by atoms with Crippen LogP contribution in [0.2, 0.25) is 0 Å². The van der Waals surface area contributed by atoms with Crippen molar-refractivity contribution < 1.29 is 0 Å². The molecule has 2 rings (SSSR count). The molecule has 0 aliphatic heterocycles. The van der Waals surface area contributed by atoms with Gasteiger partial charge in [0.05, 0.1) is 5.38 Å². The molecular weight excluding hydrogens is 192 g/mol. The van der Waals surface area contributed by atoms with Crippen molar-refractivity contribution >= 4 is 28.1 Å². The first-order chi connectivity index (χ1) is 5.86. The van der Waals surface area contributed by atoms with Gasteiger partial charge in [-0.25, -0.2) is 4.98 Å². The van der Waals surface area contributed by atoms with Crippen LogP contribution >= 0.6 is 22.9 Å². The molecule has 12 heavy (non-hydrogen) atoms. The lowest BCUT2D eigenvalue weighted by Crippen LogP contribution is -2.23. The van der Waals surface area contributed by atoms with Crippen molar-refractivity contribution in [3.05, 3.63) is 11.6 Å². The Bertz CT molecular complexity index is 237. The monoisotopic (exact) mass is 202 g/mol. The van der Waals surface area contributed by atoms with Crippen LogP contribution in [0.3, 0.4) is 0 Å². The van der Waals surface area contributed by atoms with Gasteiger partial charge in [0.15, 0.2) is 5.13 Å². The van der Waals surface area contributed by atoms with Crippen molar-refractivity contribution in [2.75, 3.05) is 5.32 Å². The van der Waals surface area contributed by atoms with Crippen LogP contribution in [-0.4, -0.2) is 16.4 Å². The first kappa shape index (κ1) is 8.32. The van der Waals surface area contributed by atoms with Crippen molar-refractivity contribution in [3.8, 4) is 0 Å². The summed E-state index contributed by atoms with van der Waals surface area (Å²) in [5.74, 6) is 0. The van der Waals surface area contributed by atoms with Crippen molar-refractivity contribution in [2.45, 2.75) is 30.7 Å². The summed E-state index contributed by atoms with van der Waals surface area (Å²) in [4.78, 5) is 4.16. The van der Waals surface area contributed by atoms with Gasteiger partial charge in [-0.15, -0.1) is 22.9 Å². The second kappa shape index (κ2) is 3.62. The number of thiazole rings is 1. The smallest absolute Gasteiger partial charge is 0.182 e. The molecule has 0 saturated heterocycles. The van der Waals surface area contributed by atoms with E-state index in [1.54, 1.807) is 11.3 Å². The van der Waals surface area contributed by atoms with Gasteiger partial charge in [0.2, 0.25) is 0 Å². The maximum Gasteiger partial charge on any atom is 0.182 e. The SMILES string of the molecule is ClC1CCCC1Nc1nccs1. The zero-order valence-electron chi connectivity index (χ0n) is 6.66. The van der Waals surface area contributed by atoms with Crippen molar-refractivity contribution in [1.82, 2.24) is 4.98 Å². The van der Waals surface area contributed by atoms with Crippen LogP contribution in [0.4, 0.5) is 5.13 Å². The molecule has 2 atom stereocenters. The summed E-state index contributed by atoms with van der Waals surface area (Å²) < 4.78 is 0. The van der Waals surface area contributed by atoms with E-state index in [1.165, 1.54) is 12.8 Å². The molecule has 1 aromatic rings. The molecule has 1 N–H and O–H groups in total. The Labute approximate surface area is 81.0 Å². The second-order valence-corrected chi connectivity index (χ2v) is 4.49. The molecule has 1 aliphatic carbocycles. The molecule has 0 radical (unpaired) electrons. The van der Waals surface area contributed by atoms with E-state index in [2.05, 4.69) is 10.3 Å². The lowest BCUT2D eigenvalue weighted by molar-refractivity contribution is 0.760. The van der Waals surface area contributed by atoms with E-state index in [4.69, 9.17) is 11.6 Å². The topological polar surface area (TPSA) is 24.9 Å². The third-order valence-electron chi connectivity index (χ3n) is 2.17. The highest BCUT2D eigenvalue weighted by atomic mass is 35.5. The molecule has 1 fully saturated rings. The summed E-state index contributed by atoms with van der Waals surface area (Å²) >= 11 is 7.74. The summed E-state index contributed by atoms with van der Waals surface area (Å²) in [6, 6.07) is 0.429. The Hall–Kier alpha value is -0.280. The molecule has 0 bridgehead atoms. The number of aromatic nitrogens is 1. The fourth-order valence-corrected chi connectivity index (χ4v) is 2.47. The number of nitrogens with one attached hydrogen (secondary N) is 1. The number of anilines is 1. The fourth-order valence-electron chi connectivity index (χ4n) is 1.53. The van der Waals surface area contributed by atoms with Crippen molar-refractivity contribution in [1.29, 1.82) is 0 Å². The second-order valence-electron chi connectivity index (χ2n) is 3.03. The Kier molecular flexibility index (Phi) is 2.51. The summed E-state index contributed by atoms with van der Waals surface area (Å²) in [7, 11) is 0. The number of hydrogen-bond acceptors (Lipinski definition) is 3. The summed E-state index contributed by atoms with van der Waals surface area (Å²) in [6.07, 6.45) is 5.35. The van der Waals surface area contributed by atoms with Gasteiger partial charge in [0.1, 0.15) is 0 Å². The van der Waals surface area contributed by atoms with Gasteiger partial charge in [0, 0.05) is 17.6 Å². The van der Waals surface area contributed by atoms with E-state index >= 15 is 0 Å². The van der Waals surface area contributed by atoms with Gasteiger partial charge >= 0.3 is 0 Å². The minimum absolute atomic E-state index is 0.286. The Morgan fingerprint density at radius 1 is 1.58 bits per heavy atom. The normalized spacial score (nSPS) is 29.1. The lowest BCUT2D eigenvalue weighted by Gasteiger charge is -2.14. The van der Waals surface area contributed by atoms with Crippen LogP contribution < -0.4 is 5.32 Å². The van der Waals surface area contributed by atoms with Gasteiger partial charge in [-0.05, 0) is 19.3 Å². The average Bonchev–Trinajstić information content (AvgIpc) is 2.65. The molecule has 66 valence electrons. The molecule has 0 spiro atoms. The van der Waals surface area contributed by atoms with E-state index in [0.717, 1.165) is 11.6 Å². The van der Waals surface area contributed by atoms with Crippen LogP contribution in [0.1, 0.15) is 19.3 Å². The highest BCUT2D eigenvalue weighted by molar-refractivity contribution is 7.13. The van der Waals surface area contributed by atoms with Crippen LogP contribution in [0.15, 0.2) is 11.6 Å². The van der Waals surface area contributed by atoms with Crippen molar-refractivity contribution in [2.24, 2.45) is 0 Å². The molecule has 1 aromatic heterocycles. The van der Waals surface area contributed by atoms with Gasteiger partial charge in [-0.2, -0.15) is 0 Å². The summed E-state index contributed by atoms with van der Waals surface area (Å²) in [5, 5.41) is 6.60. The van der Waals surface area contributed by atoms with Gasteiger partial charge in [-0.3, -0.25) is 0 Å². The first-order valence-corrected chi connectivity index (χ1v) is 5.48. The number of halogens is 1. The average molecular weight is 203 g/mol. The number of alkyl halides is 1. The van der Waals surface area contributed by atoms with E-state index in [1.807, 2.05) is 11.6 Å². The number of nitrogens with zero attached hydrogens (tertiary/aromatic N) is 1. The number of hydrogen-bond donors (Lipinski definition) is 1. The number of rotatable bonds is 2. The van der Waals surface area contributed by atoms with Gasteiger partial charge in [0.25, 0.3) is 0 Å². The largest absolute Gasteiger partial charge is 0.357 e. The Morgan fingerprint density at radius 2 is 2.50 bits per heavy atom. The third kappa shape index (κ3) is 1.72. The first-order valence-electron chi connectivity index (χ1n) is 4.16. The van der Waals surface area contributed by atoms with Crippen molar-refractivity contribution in [3.63, 3.8) is 0 Å². The predicted molar refractivity (Wildman–Crippen MR) is 53.0 cm³/mol. The zero-order valence-corrected chi connectivity index (χ0v) is 8.24. The molecule has 1 heterocycles. The molecular formula is C8H11ClN2S. The maximum absolute atomic E-state index is 6.11. The molecule has 2 nitrogen and oxygen atoms in total. The van der Waals surface area contributed by atoms with Crippen LogP contribution in [0.25, 0.3) is 0 Å². The van der Waals surface area contributed by atoms with E-state index in [9.17, 15) is 0 Å². The van der Waals surface area contributed by atoms with Crippen LogP contribution in [0.5, 0.6) is 0 Å². The van der Waals surface area contributed by atoms with Crippen LogP contribution in [0, 0.1) is 0 Å². The Morgan fingerprint density at radius 3 is 3.08 bits per heavy atom. The lowest BCUT2D eigenvalue weighted by atomic mass is 10.2. The van der Waals surface area contributed by atoms with Crippen LogP contribution in [-0.2, 0) is 0 Å². The van der Waals surface area contributed by atoms with Gasteiger partial charge in [-0.1, -0.05) is 0 Å². The molecule has 4 heteroatoms. The molecule has 0 aromatic carbocycles. The quantitative estimate of drug-likeness (QED) is 0.746. The molecule has 2 unspecified atom stereocenters. The molecule has 1 aliphatic rings. The molecule has 1 saturated carbocycles. The molecule has 0 amide bonds. The van der Waals surface area contributed by atoms with E-state index < -0.39 is 0 Å². The fraction of sp³-hybridized carbons (Fsp3) is 0.625. The highest BCUT2D eigenvalue weighted by Crippen LogP contribution is 2.27. The summed E-state index contributed by atoms with van der Waals surface area (Å²) in [5.41, 5.74) is 0.